The maximum absolute atomic E-state index is 4.83. The van der Waals surface area contributed by atoms with E-state index in [1.54, 1.807) is 24.8 Å². The van der Waals surface area contributed by atoms with E-state index in [-0.39, 0.29) is 0 Å². The molecule has 13 rings (SSSR count). The molecule has 0 spiro atoms. The zero-order valence-corrected chi connectivity index (χ0v) is 34.5. The molecular weight excluding hydrogens is 781 g/mol. The molecule has 0 N–H and O–H groups in total. The molecule has 0 aliphatic rings. The highest BCUT2D eigenvalue weighted by atomic mass is 15.0. The van der Waals surface area contributed by atoms with Crippen LogP contribution in [0.2, 0.25) is 0 Å². The number of para-hydroxylation sites is 5. The van der Waals surface area contributed by atoms with Crippen LogP contribution < -0.4 is 0 Å². The molecule has 6 nitrogen and oxygen atoms in total. The van der Waals surface area contributed by atoms with Gasteiger partial charge in [0.05, 0.1) is 49.8 Å². The predicted molar refractivity (Wildman–Crippen MR) is 263 cm³/mol. The Hall–Kier alpha value is -8.74. The molecule has 0 aliphatic heterocycles. The van der Waals surface area contributed by atoms with Crippen LogP contribution in [0.5, 0.6) is 0 Å². The summed E-state index contributed by atoms with van der Waals surface area (Å²) >= 11 is 0. The summed E-state index contributed by atoms with van der Waals surface area (Å²) in [7, 11) is 0. The van der Waals surface area contributed by atoms with Crippen LogP contribution in [-0.4, -0.2) is 29.1 Å². The SMILES string of the molecule is c1ccc(-n2c3ccccc3c3ccc(-c4ccc5c(c4)c4cc(-c6ccccc6-c6cccc7nccnc67)ccc4n5-c4ccccc4-c4cccc5nccnc45)cc32)cc1. The monoisotopic (exact) mass is 816 g/mol. The molecule has 0 saturated heterocycles. The molecule has 0 bridgehead atoms. The second kappa shape index (κ2) is 14.4. The van der Waals surface area contributed by atoms with Gasteiger partial charge in [-0.2, -0.15) is 0 Å². The van der Waals surface area contributed by atoms with Crippen LogP contribution in [0, 0.1) is 0 Å². The first-order valence-electron chi connectivity index (χ1n) is 21.5. The molecule has 64 heavy (non-hydrogen) atoms. The van der Waals surface area contributed by atoms with Crippen LogP contribution in [0.3, 0.4) is 0 Å². The number of nitrogens with zero attached hydrogens (tertiary/aromatic N) is 6. The number of rotatable bonds is 6. The maximum atomic E-state index is 4.83. The number of benzene rings is 9. The first-order valence-corrected chi connectivity index (χ1v) is 21.5. The zero-order valence-electron chi connectivity index (χ0n) is 34.5. The van der Waals surface area contributed by atoms with Crippen molar-refractivity contribution in [3.8, 4) is 55.9 Å². The maximum Gasteiger partial charge on any atom is 0.0965 e. The Morgan fingerprint density at radius 3 is 1.55 bits per heavy atom. The van der Waals surface area contributed by atoms with Crippen molar-refractivity contribution >= 4 is 65.7 Å². The third-order valence-electron chi connectivity index (χ3n) is 12.7. The van der Waals surface area contributed by atoms with Crippen LogP contribution >= 0.6 is 0 Å². The van der Waals surface area contributed by atoms with Gasteiger partial charge in [0, 0.05) is 68.7 Å². The van der Waals surface area contributed by atoms with E-state index >= 15 is 0 Å². The van der Waals surface area contributed by atoms with E-state index in [0.29, 0.717) is 0 Å². The number of aromatic nitrogens is 6. The van der Waals surface area contributed by atoms with E-state index in [4.69, 9.17) is 9.97 Å². The van der Waals surface area contributed by atoms with Gasteiger partial charge in [-0.3, -0.25) is 19.9 Å². The summed E-state index contributed by atoms with van der Waals surface area (Å²) in [6.07, 6.45) is 7.06. The van der Waals surface area contributed by atoms with E-state index < -0.39 is 0 Å². The lowest BCUT2D eigenvalue weighted by Gasteiger charge is -2.15. The van der Waals surface area contributed by atoms with Gasteiger partial charge in [0.15, 0.2) is 0 Å². The molecular formula is C58H36N6. The van der Waals surface area contributed by atoms with Crippen molar-refractivity contribution in [3.05, 3.63) is 219 Å². The molecule has 4 aromatic heterocycles. The van der Waals surface area contributed by atoms with E-state index in [0.717, 1.165) is 94.4 Å². The summed E-state index contributed by atoms with van der Waals surface area (Å²) in [6.45, 7) is 0. The van der Waals surface area contributed by atoms with Gasteiger partial charge < -0.3 is 9.13 Å². The standard InChI is InChI=1S/C58H36N6/c1-2-12-40(13-3-1)63-52-22-8-6-16-43(52)45-27-24-38(36-56(45)63)37-25-28-54-48(34-37)49-35-39(41-14-4-5-15-42(41)46-18-10-20-50-57(46)61-32-30-59-50)26-29-55(49)64(54)53-23-9-7-17-44(53)47-19-11-21-51-58(47)62-33-31-60-51/h1-36H. The Bertz CT molecular complexity index is 3960. The Labute approximate surface area is 368 Å². The fourth-order valence-electron chi connectivity index (χ4n) is 9.92. The summed E-state index contributed by atoms with van der Waals surface area (Å²) in [5.41, 5.74) is 19.2. The van der Waals surface area contributed by atoms with Gasteiger partial charge >= 0.3 is 0 Å². The Morgan fingerprint density at radius 2 is 0.797 bits per heavy atom. The van der Waals surface area contributed by atoms with Crippen molar-refractivity contribution < 1.29 is 0 Å². The van der Waals surface area contributed by atoms with E-state index in [9.17, 15) is 0 Å². The predicted octanol–water partition coefficient (Wildman–Crippen LogP) is 14.4. The van der Waals surface area contributed by atoms with Gasteiger partial charge in [-0.25, -0.2) is 0 Å². The molecule has 6 heteroatoms. The summed E-state index contributed by atoms with van der Waals surface area (Å²) in [6, 6.07) is 69.9. The topological polar surface area (TPSA) is 61.4 Å². The van der Waals surface area contributed by atoms with Crippen molar-refractivity contribution in [3.63, 3.8) is 0 Å². The fraction of sp³-hybridized carbons (Fsp3) is 0. The minimum atomic E-state index is 0.866. The lowest BCUT2D eigenvalue weighted by Crippen LogP contribution is -1.98. The van der Waals surface area contributed by atoms with Crippen LogP contribution in [0.1, 0.15) is 0 Å². The molecule has 298 valence electrons. The van der Waals surface area contributed by atoms with Gasteiger partial charge in [-0.1, -0.05) is 127 Å². The molecule has 0 aliphatic carbocycles. The lowest BCUT2D eigenvalue weighted by atomic mass is 9.93. The molecule has 0 amide bonds. The van der Waals surface area contributed by atoms with Crippen molar-refractivity contribution in [2.45, 2.75) is 0 Å². The molecule has 0 radical (unpaired) electrons. The minimum Gasteiger partial charge on any atom is -0.309 e. The molecule has 0 atom stereocenters. The summed E-state index contributed by atoms with van der Waals surface area (Å²) in [5, 5.41) is 4.80. The minimum absolute atomic E-state index is 0.866. The van der Waals surface area contributed by atoms with E-state index in [1.807, 2.05) is 12.1 Å². The molecule has 9 aromatic carbocycles. The van der Waals surface area contributed by atoms with Gasteiger partial charge in [0.2, 0.25) is 0 Å². The van der Waals surface area contributed by atoms with E-state index in [1.165, 1.54) is 27.2 Å². The van der Waals surface area contributed by atoms with Crippen LogP contribution in [-0.2, 0) is 0 Å². The van der Waals surface area contributed by atoms with Gasteiger partial charge in [0.25, 0.3) is 0 Å². The average molecular weight is 817 g/mol. The Morgan fingerprint density at radius 1 is 0.281 bits per heavy atom. The Kier molecular flexibility index (Phi) is 8.11. The summed E-state index contributed by atoms with van der Waals surface area (Å²) < 4.78 is 4.81. The number of hydrogen-bond donors (Lipinski definition) is 0. The van der Waals surface area contributed by atoms with Crippen molar-refractivity contribution in [2.75, 3.05) is 0 Å². The van der Waals surface area contributed by atoms with Crippen LogP contribution in [0.15, 0.2) is 219 Å². The smallest absolute Gasteiger partial charge is 0.0965 e. The highest BCUT2D eigenvalue weighted by molar-refractivity contribution is 6.14. The largest absolute Gasteiger partial charge is 0.309 e. The molecule has 13 aromatic rings. The first kappa shape index (κ1) is 36.0. The highest BCUT2D eigenvalue weighted by Gasteiger charge is 2.21. The molecule has 4 heterocycles. The summed E-state index contributed by atoms with van der Waals surface area (Å²) in [5.74, 6) is 0. The second-order valence-corrected chi connectivity index (χ2v) is 16.2. The molecule has 0 fully saturated rings. The normalized spacial score (nSPS) is 11.8. The fourth-order valence-corrected chi connectivity index (χ4v) is 9.92. The number of fused-ring (bicyclic) bond motifs is 8. The van der Waals surface area contributed by atoms with Crippen LogP contribution in [0.25, 0.3) is 122 Å². The van der Waals surface area contributed by atoms with Crippen molar-refractivity contribution in [2.24, 2.45) is 0 Å². The lowest BCUT2D eigenvalue weighted by molar-refractivity contribution is 1.18. The van der Waals surface area contributed by atoms with E-state index in [2.05, 4.69) is 201 Å². The van der Waals surface area contributed by atoms with Gasteiger partial charge in [0.1, 0.15) is 0 Å². The Balaban J connectivity index is 1.06. The van der Waals surface area contributed by atoms with Gasteiger partial charge in [-0.05, 0) is 94.5 Å². The zero-order chi connectivity index (χ0) is 42.1. The molecule has 0 saturated carbocycles. The van der Waals surface area contributed by atoms with Crippen LogP contribution in [0.4, 0.5) is 0 Å². The van der Waals surface area contributed by atoms with Crippen molar-refractivity contribution in [1.29, 1.82) is 0 Å². The quantitative estimate of drug-likeness (QED) is 0.168. The average Bonchev–Trinajstić information content (AvgIpc) is 3.88. The third-order valence-corrected chi connectivity index (χ3v) is 12.7. The second-order valence-electron chi connectivity index (χ2n) is 16.2. The first-order chi connectivity index (χ1) is 31.8. The molecule has 0 unspecified atom stereocenters. The van der Waals surface area contributed by atoms with Gasteiger partial charge in [-0.15, -0.1) is 0 Å². The third kappa shape index (κ3) is 5.59. The number of hydrogen-bond acceptors (Lipinski definition) is 4. The summed E-state index contributed by atoms with van der Waals surface area (Å²) in [4.78, 5) is 18.9. The van der Waals surface area contributed by atoms with Crippen molar-refractivity contribution in [1.82, 2.24) is 29.1 Å². The highest BCUT2D eigenvalue weighted by Crippen LogP contribution is 2.43.